The fraction of sp³-hybridized carbons (Fsp3) is 0.500. The maximum Gasteiger partial charge on any atom is 0.246 e. The fourth-order valence-corrected chi connectivity index (χ4v) is 2.60. The third kappa shape index (κ3) is 5.71. The van der Waals surface area contributed by atoms with E-state index < -0.39 is 5.82 Å². The Kier molecular flexibility index (Phi) is 6.18. The molecule has 1 saturated carbocycles. The molecule has 1 fully saturated rings. The smallest absolute Gasteiger partial charge is 0.246 e. The first-order valence-electron chi connectivity index (χ1n) is 7.75. The maximum absolute atomic E-state index is 13.0. The number of benzene rings is 1. The van der Waals surface area contributed by atoms with Crippen LogP contribution in [0.4, 0.5) is 10.1 Å². The molecule has 4 N–H and O–H groups in total. The topological polar surface area (TPSA) is 79.5 Å². The van der Waals surface area contributed by atoms with Gasteiger partial charge in [-0.1, -0.05) is 31.7 Å². The lowest BCUT2D eigenvalue weighted by atomic mass is 10.1. The van der Waals surface area contributed by atoms with Gasteiger partial charge in [-0.05, 0) is 31.0 Å². The van der Waals surface area contributed by atoms with Crippen LogP contribution in [0.5, 0.6) is 0 Å². The van der Waals surface area contributed by atoms with Crippen molar-refractivity contribution in [2.75, 3.05) is 11.9 Å². The van der Waals surface area contributed by atoms with Crippen LogP contribution in [0.25, 0.3) is 0 Å². The molecule has 1 amide bonds. The molecule has 0 spiro atoms. The first kappa shape index (κ1) is 16.3. The molecule has 0 unspecified atom stereocenters. The van der Waals surface area contributed by atoms with E-state index in [1.165, 1.54) is 43.9 Å². The van der Waals surface area contributed by atoms with Crippen LogP contribution < -0.4 is 16.4 Å². The summed E-state index contributed by atoms with van der Waals surface area (Å²) in [5, 5.41) is 5.76. The Hall–Kier alpha value is -2.11. The van der Waals surface area contributed by atoms with Crippen LogP contribution in [0.2, 0.25) is 0 Å². The SMILES string of the molecule is NC(=NCC(=O)Nc1cccc(F)c1)NC1CCCCCC1. The van der Waals surface area contributed by atoms with Gasteiger partial charge in [0.1, 0.15) is 12.4 Å². The van der Waals surface area contributed by atoms with Crippen molar-refractivity contribution in [3.63, 3.8) is 0 Å². The number of hydrogen-bond acceptors (Lipinski definition) is 2. The molecule has 5 nitrogen and oxygen atoms in total. The van der Waals surface area contributed by atoms with Gasteiger partial charge in [0.15, 0.2) is 5.96 Å². The molecule has 0 heterocycles. The van der Waals surface area contributed by atoms with Crippen LogP contribution in [-0.4, -0.2) is 24.5 Å². The molecule has 2 rings (SSSR count). The predicted octanol–water partition coefficient (Wildman–Crippen LogP) is 2.39. The number of nitrogens with two attached hydrogens (primary N) is 1. The Balaban J connectivity index is 1.78. The maximum atomic E-state index is 13.0. The van der Waals surface area contributed by atoms with Gasteiger partial charge in [0, 0.05) is 11.7 Å². The Morgan fingerprint density at radius 1 is 1.27 bits per heavy atom. The van der Waals surface area contributed by atoms with Gasteiger partial charge >= 0.3 is 0 Å². The highest BCUT2D eigenvalue weighted by Gasteiger charge is 2.12. The molecule has 1 aromatic carbocycles. The number of aliphatic imine (C=N–C) groups is 1. The van der Waals surface area contributed by atoms with E-state index in [1.807, 2.05) is 0 Å². The Labute approximate surface area is 130 Å². The highest BCUT2D eigenvalue weighted by Crippen LogP contribution is 2.16. The normalized spacial score (nSPS) is 16.9. The standard InChI is InChI=1S/C16H23FN4O/c17-12-6-5-9-14(10-12)20-15(22)11-19-16(18)21-13-7-3-1-2-4-8-13/h5-6,9-10,13H,1-4,7-8,11H2,(H,20,22)(H3,18,19,21). The molecule has 6 heteroatoms. The van der Waals surface area contributed by atoms with Crippen molar-refractivity contribution in [2.45, 2.75) is 44.6 Å². The summed E-state index contributed by atoms with van der Waals surface area (Å²) in [6.07, 6.45) is 7.12. The van der Waals surface area contributed by atoms with Crippen molar-refractivity contribution in [1.82, 2.24) is 5.32 Å². The number of anilines is 1. The lowest BCUT2D eigenvalue weighted by Crippen LogP contribution is -2.40. The van der Waals surface area contributed by atoms with E-state index in [-0.39, 0.29) is 12.5 Å². The summed E-state index contributed by atoms with van der Waals surface area (Å²) in [4.78, 5) is 15.8. The van der Waals surface area contributed by atoms with Gasteiger partial charge in [-0.2, -0.15) is 0 Å². The van der Waals surface area contributed by atoms with Crippen molar-refractivity contribution in [1.29, 1.82) is 0 Å². The van der Waals surface area contributed by atoms with Crippen LogP contribution in [0.1, 0.15) is 38.5 Å². The van der Waals surface area contributed by atoms with Crippen LogP contribution in [0.3, 0.4) is 0 Å². The molecule has 22 heavy (non-hydrogen) atoms. The molecular formula is C16H23FN4O. The molecule has 0 aliphatic heterocycles. The van der Waals surface area contributed by atoms with Crippen molar-refractivity contribution < 1.29 is 9.18 Å². The second kappa shape index (κ2) is 8.36. The number of nitrogens with one attached hydrogen (secondary N) is 2. The van der Waals surface area contributed by atoms with E-state index in [9.17, 15) is 9.18 Å². The number of hydrogen-bond donors (Lipinski definition) is 3. The van der Waals surface area contributed by atoms with E-state index in [4.69, 9.17) is 5.73 Å². The van der Waals surface area contributed by atoms with E-state index >= 15 is 0 Å². The van der Waals surface area contributed by atoms with E-state index in [0.717, 1.165) is 12.8 Å². The molecule has 1 aromatic rings. The summed E-state index contributed by atoms with van der Waals surface area (Å²) in [7, 11) is 0. The first-order chi connectivity index (χ1) is 10.6. The van der Waals surface area contributed by atoms with Crippen molar-refractivity contribution >= 4 is 17.6 Å². The third-order valence-corrected chi connectivity index (χ3v) is 3.71. The quantitative estimate of drug-likeness (QED) is 0.454. The number of halogens is 1. The van der Waals surface area contributed by atoms with Crippen molar-refractivity contribution in [2.24, 2.45) is 10.7 Å². The number of rotatable bonds is 4. The molecule has 1 aliphatic carbocycles. The highest BCUT2D eigenvalue weighted by molar-refractivity contribution is 5.93. The van der Waals surface area contributed by atoms with E-state index in [0.29, 0.717) is 17.7 Å². The summed E-state index contributed by atoms with van der Waals surface area (Å²) in [6, 6.07) is 6.09. The van der Waals surface area contributed by atoms with Crippen LogP contribution in [0.15, 0.2) is 29.3 Å². The summed E-state index contributed by atoms with van der Waals surface area (Å²) in [5.41, 5.74) is 6.23. The van der Waals surface area contributed by atoms with Crippen LogP contribution >= 0.6 is 0 Å². The molecule has 0 radical (unpaired) electrons. The number of carbonyl (C=O) groups excluding carboxylic acids is 1. The Morgan fingerprint density at radius 3 is 2.68 bits per heavy atom. The largest absolute Gasteiger partial charge is 0.370 e. The van der Waals surface area contributed by atoms with Gasteiger partial charge in [-0.15, -0.1) is 0 Å². The fourth-order valence-electron chi connectivity index (χ4n) is 2.60. The minimum absolute atomic E-state index is 0.0813. The molecule has 0 atom stereocenters. The number of nitrogens with zero attached hydrogens (tertiary/aromatic N) is 1. The van der Waals surface area contributed by atoms with Crippen LogP contribution in [-0.2, 0) is 4.79 Å². The zero-order chi connectivity index (χ0) is 15.8. The minimum Gasteiger partial charge on any atom is -0.370 e. The highest BCUT2D eigenvalue weighted by atomic mass is 19.1. The summed E-state index contributed by atoms with van der Waals surface area (Å²) in [5.74, 6) is -0.423. The van der Waals surface area contributed by atoms with Gasteiger partial charge in [-0.25, -0.2) is 9.38 Å². The predicted molar refractivity (Wildman–Crippen MR) is 86.1 cm³/mol. The molecule has 0 saturated heterocycles. The first-order valence-corrected chi connectivity index (χ1v) is 7.75. The Bertz CT molecular complexity index is 525. The number of carbonyl (C=O) groups is 1. The number of guanidine groups is 1. The Morgan fingerprint density at radius 2 is 2.00 bits per heavy atom. The zero-order valence-electron chi connectivity index (χ0n) is 12.6. The van der Waals surface area contributed by atoms with Gasteiger partial charge in [-0.3, -0.25) is 4.79 Å². The van der Waals surface area contributed by atoms with E-state index in [2.05, 4.69) is 15.6 Å². The molecular weight excluding hydrogens is 283 g/mol. The van der Waals surface area contributed by atoms with Crippen molar-refractivity contribution in [3.05, 3.63) is 30.1 Å². The average molecular weight is 306 g/mol. The minimum atomic E-state index is -0.393. The lowest BCUT2D eigenvalue weighted by molar-refractivity contribution is -0.114. The number of amides is 1. The van der Waals surface area contributed by atoms with Gasteiger partial charge in [0.25, 0.3) is 0 Å². The molecule has 1 aliphatic rings. The van der Waals surface area contributed by atoms with Gasteiger partial charge < -0.3 is 16.4 Å². The second-order valence-corrected chi connectivity index (χ2v) is 5.59. The van der Waals surface area contributed by atoms with Crippen molar-refractivity contribution in [3.8, 4) is 0 Å². The summed E-state index contributed by atoms with van der Waals surface area (Å²) < 4.78 is 13.0. The monoisotopic (exact) mass is 306 g/mol. The summed E-state index contributed by atoms with van der Waals surface area (Å²) in [6.45, 7) is -0.0813. The molecule has 0 aromatic heterocycles. The van der Waals surface area contributed by atoms with Gasteiger partial charge in [0.05, 0.1) is 0 Å². The average Bonchev–Trinajstić information content (AvgIpc) is 2.74. The second-order valence-electron chi connectivity index (χ2n) is 5.59. The third-order valence-electron chi connectivity index (χ3n) is 3.71. The van der Waals surface area contributed by atoms with E-state index in [1.54, 1.807) is 6.07 Å². The molecule has 120 valence electrons. The van der Waals surface area contributed by atoms with Gasteiger partial charge in [0.2, 0.25) is 5.91 Å². The summed E-state index contributed by atoms with van der Waals surface area (Å²) >= 11 is 0. The van der Waals surface area contributed by atoms with Crippen LogP contribution in [0, 0.1) is 5.82 Å². The molecule has 0 bridgehead atoms. The lowest BCUT2D eigenvalue weighted by Gasteiger charge is -2.16. The zero-order valence-corrected chi connectivity index (χ0v) is 12.6.